The summed E-state index contributed by atoms with van der Waals surface area (Å²) < 4.78 is 8.51. The molecule has 0 radical (unpaired) electrons. The second-order valence-electron chi connectivity index (χ2n) is 7.83. The highest BCUT2D eigenvalue weighted by Crippen LogP contribution is 2.28. The molecule has 10 heteroatoms. The molecule has 32 heavy (non-hydrogen) atoms. The molecule has 1 fully saturated rings. The number of hydrogen-bond donors (Lipinski definition) is 2. The minimum absolute atomic E-state index is 0.0678. The summed E-state index contributed by atoms with van der Waals surface area (Å²) in [4.78, 5) is 50.5. The summed E-state index contributed by atoms with van der Waals surface area (Å²) in [6.45, 7) is 0.877. The summed E-state index contributed by atoms with van der Waals surface area (Å²) in [5.74, 6) is -1.47. The van der Waals surface area contributed by atoms with Crippen LogP contribution in [0.15, 0.2) is 32.3 Å². The van der Waals surface area contributed by atoms with Crippen LogP contribution in [-0.2, 0) is 11.3 Å². The number of nitrogens with zero attached hydrogens (tertiary/aromatic N) is 2. The Hall–Kier alpha value is -2.88. The van der Waals surface area contributed by atoms with Gasteiger partial charge in [0, 0.05) is 16.2 Å². The minimum atomic E-state index is -1.22. The van der Waals surface area contributed by atoms with Gasteiger partial charge in [0.2, 0.25) is 0 Å². The third-order valence-electron chi connectivity index (χ3n) is 5.77. The number of carboxylic acids is 1. The van der Waals surface area contributed by atoms with Crippen LogP contribution in [0.25, 0.3) is 0 Å². The highest BCUT2D eigenvalue weighted by Gasteiger charge is 2.27. The van der Waals surface area contributed by atoms with Crippen molar-refractivity contribution in [2.24, 2.45) is 0 Å². The number of hydrogen-bond acceptors (Lipinski definition) is 5. The number of benzene rings is 1. The first-order valence-electron chi connectivity index (χ1n) is 10.4. The van der Waals surface area contributed by atoms with Crippen LogP contribution in [0.4, 0.5) is 0 Å². The second kappa shape index (κ2) is 10.2. The molecule has 0 spiro atoms. The lowest BCUT2D eigenvalue weighted by Crippen LogP contribution is -2.47. The molecule has 1 aromatic heterocycles. The predicted molar refractivity (Wildman–Crippen MR) is 122 cm³/mol. The maximum Gasteiger partial charge on any atom is 0.331 e. The number of rotatable bonds is 7. The lowest BCUT2D eigenvalue weighted by atomic mass is 9.94. The summed E-state index contributed by atoms with van der Waals surface area (Å²) in [5, 5.41) is 11.2. The van der Waals surface area contributed by atoms with Crippen molar-refractivity contribution in [2.45, 2.75) is 51.6 Å². The standard InChI is InChI=1S/C22H26BrN3O6/c1-13-19(20(29)24-11-18(27)28)21(30)25(12-14-10-16(32-2)8-9-17(14)23)22(31)26(13)15-6-4-3-5-7-15/h8-10,15H,3-7,11-12H2,1-2H3,(H,24,29)(H,27,28). The van der Waals surface area contributed by atoms with Crippen molar-refractivity contribution in [3.05, 3.63) is 60.3 Å². The largest absolute Gasteiger partial charge is 0.497 e. The Morgan fingerprint density at radius 2 is 1.91 bits per heavy atom. The van der Waals surface area contributed by atoms with E-state index in [0.717, 1.165) is 36.7 Å². The lowest BCUT2D eigenvalue weighted by Gasteiger charge is -2.27. The van der Waals surface area contributed by atoms with Crippen LogP contribution in [0.2, 0.25) is 0 Å². The average molecular weight is 508 g/mol. The zero-order chi connectivity index (χ0) is 23.4. The molecule has 2 aromatic rings. The topological polar surface area (TPSA) is 120 Å². The Kier molecular flexibility index (Phi) is 7.55. The third kappa shape index (κ3) is 4.95. The number of carboxylic acid groups (broad SMARTS) is 1. The Bertz CT molecular complexity index is 1150. The Balaban J connectivity index is 2.18. The molecular formula is C22H26BrN3O6. The fourth-order valence-electron chi connectivity index (χ4n) is 4.15. The highest BCUT2D eigenvalue weighted by molar-refractivity contribution is 9.10. The molecule has 1 heterocycles. The van der Waals surface area contributed by atoms with E-state index in [1.807, 2.05) is 0 Å². The molecule has 0 bridgehead atoms. The van der Waals surface area contributed by atoms with Crippen LogP contribution in [0.3, 0.4) is 0 Å². The smallest absolute Gasteiger partial charge is 0.331 e. The number of aromatic nitrogens is 2. The quantitative estimate of drug-likeness (QED) is 0.593. The van der Waals surface area contributed by atoms with E-state index in [2.05, 4.69) is 21.2 Å². The van der Waals surface area contributed by atoms with Crippen molar-refractivity contribution in [3.8, 4) is 5.75 Å². The van der Waals surface area contributed by atoms with Crippen molar-refractivity contribution >= 4 is 27.8 Å². The summed E-state index contributed by atoms with van der Waals surface area (Å²) in [7, 11) is 1.52. The van der Waals surface area contributed by atoms with Crippen LogP contribution in [0.1, 0.15) is 59.8 Å². The summed E-state index contributed by atoms with van der Waals surface area (Å²) in [6.07, 6.45) is 4.54. The highest BCUT2D eigenvalue weighted by atomic mass is 79.9. The van der Waals surface area contributed by atoms with Gasteiger partial charge in [-0.05, 0) is 43.5 Å². The van der Waals surface area contributed by atoms with Gasteiger partial charge in [0.1, 0.15) is 17.9 Å². The molecule has 0 saturated heterocycles. The van der Waals surface area contributed by atoms with E-state index in [9.17, 15) is 19.2 Å². The van der Waals surface area contributed by atoms with Crippen molar-refractivity contribution in [2.75, 3.05) is 13.7 Å². The van der Waals surface area contributed by atoms with Gasteiger partial charge in [-0.25, -0.2) is 4.79 Å². The monoisotopic (exact) mass is 507 g/mol. The van der Waals surface area contributed by atoms with Crippen LogP contribution < -0.4 is 21.3 Å². The number of methoxy groups -OCH3 is 1. The number of halogens is 1. The van der Waals surface area contributed by atoms with Crippen LogP contribution in [0.5, 0.6) is 5.75 Å². The molecule has 1 aliphatic rings. The molecule has 0 atom stereocenters. The first-order chi connectivity index (χ1) is 15.2. The van der Waals surface area contributed by atoms with E-state index in [0.29, 0.717) is 15.8 Å². The van der Waals surface area contributed by atoms with Gasteiger partial charge in [0.25, 0.3) is 11.5 Å². The number of nitrogens with one attached hydrogen (secondary N) is 1. The van der Waals surface area contributed by atoms with Crippen molar-refractivity contribution in [1.29, 1.82) is 0 Å². The van der Waals surface area contributed by atoms with Gasteiger partial charge in [-0.2, -0.15) is 0 Å². The van der Waals surface area contributed by atoms with Gasteiger partial charge >= 0.3 is 11.7 Å². The van der Waals surface area contributed by atoms with Gasteiger partial charge in [-0.3, -0.25) is 23.5 Å². The zero-order valence-electron chi connectivity index (χ0n) is 18.0. The molecule has 0 aliphatic heterocycles. The molecule has 1 aromatic carbocycles. The van der Waals surface area contributed by atoms with E-state index < -0.39 is 29.7 Å². The van der Waals surface area contributed by atoms with E-state index in [-0.39, 0.29) is 23.8 Å². The fourth-order valence-corrected chi connectivity index (χ4v) is 4.53. The first-order valence-corrected chi connectivity index (χ1v) is 11.2. The maximum atomic E-state index is 13.5. The molecule has 0 unspecified atom stereocenters. The Morgan fingerprint density at radius 1 is 1.22 bits per heavy atom. The van der Waals surface area contributed by atoms with Gasteiger partial charge in [-0.15, -0.1) is 0 Å². The SMILES string of the molecule is COc1ccc(Br)c(Cn2c(=O)c(C(=O)NCC(=O)O)c(C)n(C3CCCCC3)c2=O)c1. The predicted octanol–water partition coefficient (Wildman–Crippen LogP) is 2.46. The zero-order valence-corrected chi connectivity index (χ0v) is 19.6. The molecular weight excluding hydrogens is 482 g/mol. The Morgan fingerprint density at radius 3 is 2.53 bits per heavy atom. The number of carbonyl (C=O) groups excluding carboxylic acids is 1. The number of ether oxygens (including phenoxy) is 1. The normalized spacial score (nSPS) is 14.2. The number of carbonyl (C=O) groups is 2. The molecule has 2 N–H and O–H groups in total. The third-order valence-corrected chi connectivity index (χ3v) is 6.54. The molecule has 1 saturated carbocycles. The summed E-state index contributed by atoms with van der Waals surface area (Å²) in [5.41, 5.74) is -0.549. The summed E-state index contributed by atoms with van der Waals surface area (Å²) in [6, 6.07) is 5.09. The lowest BCUT2D eigenvalue weighted by molar-refractivity contribution is -0.135. The van der Waals surface area contributed by atoms with Crippen LogP contribution in [0, 0.1) is 6.92 Å². The van der Waals surface area contributed by atoms with Gasteiger partial charge in [-0.1, -0.05) is 35.2 Å². The van der Waals surface area contributed by atoms with E-state index in [1.54, 1.807) is 25.1 Å². The van der Waals surface area contributed by atoms with E-state index in [1.165, 1.54) is 11.7 Å². The van der Waals surface area contributed by atoms with Crippen molar-refractivity contribution in [3.63, 3.8) is 0 Å². The van der Waals surface area contributed by atoms with Gasteiger partial charge < -0.3 is 15.2 Å². The maximum absolute atomic E-state index is 13.5. The first kappa shape index (κ1) is 23.8. The van der Waals surface area contributed by atoms with Gasteiger partial charge in [0.05, 0.1) is 13.7 Å². The average Bonchev–Trinajstić information content (AvgIpc) is 2.77. The van der Waals surface area contributed by atoms with Gasteiger partial charge in [0.15, 0.2) is 0 Å². The van der Waals surface area contributed by atoms with Crippen molar-refractivity contribution < 1.29 is 19.4 Å². The fraction of sp³-hybridized carbons (Fsp3) is 0.455. The molecule has 1 amide bonds. The molecule has 172 valence electrons. The van der Waals surface area contributed by atoms with E-state index >= 15 is 0 Å². The van der Waals surface area contributed by atoms with Crippen LogP contribution in [-0.4, -0.2) is 39.8 Å². The minimum Gasteiger partial charge on any atom is -0.497 e. The second-order valence-corrected chi connectivity index (χ2v) is 8.68. The van der Waals surface area contributed by atoms with E-state index in [4.69, 9.17) is 9.84 Å². The number of aliphatic carboxylic acids is 1. The number of amides is 1. The molecule has 1 aliphatic carbocycles. The summed E-state index contributed by atoms with van der Waals surface area (Å²) >= 11 is 3.44. The molecule has 9 nitrogen and oxygen atoms in total. The molecule has 3 rings (SSSR count). The van der Waals surface area contributed by atoms with Crippen molar-refractivity contribution in [1.82, 2.24) is 14.5 Å². The van der Waals surface area contributed by atoms with Crippen LogP contribution >= 0.6 is 15.9 Å². The Labute approximate surface area is 193 Å².